The van der Waals surface area contributed by atoms with Gasteiger partial charge in [0.05, 0.1) is 23.0 Å². The van der Waals surface area contributed by atoms with E-state index < -0.39 is 17.8 Å². The maximum Gasteiger partial charge on any atom is 0.344 e. The fourth-order valence-electron chi connectivity index (χ4n) is 2.67. The van der Waals surface area contributed by atoms with E-state index in [1.165, 1.54) is 6.21 Å². The van der Waals surface area contributed by atoms with Gasteiger partial charge < -0.3 is 19.5 Å². The third-order valence-corrected chi connectivity index (χ3v) is 4.92. The van der Waals surface area contributed by atoms with E-state index in [1.807, 2.05) is 26.0 Å². The highest BCUT2D eigenvalue weighted by Crippen LogP contribution is 2.34. The van der Waals surface area contributed by atoms with Gasteiger partial charge in [0.15, 0.2) is 18.1 Å². The summed E-state index contributed by atoms with van der Waals surface area (Å²) in [5.41, 5.74) is 4.53. The molecule has 2 N–H and O–H groups in total. The third kappa shape index (κ3) is 8.72. The van der Waals surface area contributed by atoms with Crippen molar-refractivity contribution in [1.82, 2.24) is 5.43 Å². The Bertz CT molecular complexity index is 1030. The Hall–Kier alpha value is -3.15. The smallest absolute Gasteiger partial charge is 0.344 e. The van der Waals surface area contributed by atoms with E-state index in [1.54, 1.807) is 31.2 Å². The number of nitrogens with zero attached hydrogens (tertiary/aromatic N) is 1. The van der Waals surface area contributed by atoms with Crippen molar-refractivity contribution in [3.05, 3.63) is 51.1 Å². The fourth-order valence-corrected chi connectivity index (χ4v) is 3.45. The minimum absolute atomic E-state index is 0.238. The van der Waals surface area contributed by atoms with Crippen LogP contribution >= 0.6 is 22.6 Å². The monoisotopic (exact) mass is 567 g/mol. The number of ether oxygens (including phenoxy) is 3. The molecule has 0 radical (unpaired) electrons. The highest BCUT2D eigenvalue weighted by molar-refractivity contribution is 14.1. The van der Waals surface area contributed by atoms with Crippen molar-refractivity contribution in [1.29, 1.82) is 0 Å². The summed E-state index contributed by atoms with van der Waals surface area (Å²) in [6.45, 7) is 5.83. The van der Waals surface area contributed by atoms with Crippen LogP contribution in [-0.2, 0) is 19.1 Å². The third-order valence-electron chi connectivity index (χ3n) is 4.11. The maximum absolute atomic E-state index is 12.1. The molecule has 0 unspecified atom stereocenters. The number of hydrogen-bond acceptors (Lipinski definition) is 7. The molecule has 9 nitrogen and oxygen atoms in total. The van der Waals surface area contributed by atoms with E-state index >= 15 is 0 Å². The predicted octanol–water partition coefficient (Wildman–Crippen LogP) is 3.42. The molecular weight excluding hydrogens is 541 g/mol. The first-order valence-corrected chi connectivity index (χ1v) is 11.3. The summed E-state index contributed by atoms with van der Waals surface area (Å²) in [4.78, 5) is 35.7. The van der Waals surface area contributed by atoms with E-state index in [-0.39, 0.29) is 19.6 Å². The first kappa shape index (κ1) is 26.1. The molecule has 2 rings (SSSR count). The van der Waals surface area contributed by atoms with Crippen molar-refractivity contribution in [3.8, 4) is 11.5 Å². The van der Waals surface area contributed by atoms with Crippen molar-refractivity contribution in [2.24, 2.45) is 5.10 Å². The molecule has 10 heteroatoms. The quantitative estimate of drug-likeness (QED) is 0.141. The van der Waals surface area contributed by atoms with E-state index in [2.05, 4.69) is 38.4 Å². The van der Waals surface area contributed by atoms with Gasteiger partial charge in [0.2, 0.25) is 11.8 Å². The van der Waals surface area contributed by atoms with Crippen LogP contribution in [0.4, 0.5) is 5.69 Å². The second kappa shape index (κ2) is 13.4. The van der Waals surface area contributed by atoms with Crippen LogP contribution in [0.2, 0.25) is 0 Å². The number of nitrogens with one attached hydrogen (secondary N) is 2. The standard InChI is InChI=1S/C23H26IN3O6/c1-4-31-19-11-16(10-17(24)23(19)33-14-22(30)32-5-2)13-25-27-21(29)12-20(28)26-18-9-7-6-8-15(18)3/h6-11,13H,4-5,12,14H2,1-3H3,(H,26,28)(H,27,29). The molecule has 33 heavy (non-hydrogen) atoms. The average Bonchev–Trinajstić information content (AvgIpc) is 2.75. The molecule has 0 aliphatic carbocycles. The largest absolute Gasteiger partial charge is 0.490 e. The lowest BCUT2D eigenvalue weighted by Crippen LogP contribution is -2.24. The summed E-state index contributed by atoms with van der Waals surface area (Å²) in [6, 6.07) is 10.7. The minimum atomic E-state index is -0.550. The summed E-state index contributed by atoms with van der Waals surface area (Å²) in [7, 11) is 0. The number of anilines is 1. The van der Waals surface area contributed by atoms with Crippen molar-refractivity contribution in [3.63, 3.8) is 0 Å². The number of esters is 1. The summed E-state index contributed by atoms with van der Waals surface area (Å²) in [5.74, 6) is -0.617. The summed E-state index contributed by atoms with van der Waals surface area (Å²) < 4.78 is 16.7. The van der Waals surface area contributed by atoms with Gasteiger partial charge in [-0.1, -0.05) is 18.2 Å². The van der Waals surface area contributed by atoms with Gasteiger partial charge in [0.25, 0.3) is 0 Å². The first-order chi connectivity index (χ1) is 15.8. The summed E-state index contributed by atoms with van der Waals surface area (Å²) in [5, 5.41) is 6.61. The Kier molecular flexibility index (Phi) is 10.6. The Morgan fingerprint density at radius 1 is 1.06 bits per heavy atom. The molecule has 2 aromatic carbocycles. The SMILES string of the molecule is CCOC(=O)COc1c(I)cc(C=NNC(=O)CC(=O)Nc2ccccc2C)cc1OCC. The van der Waals surface area contributed by atoms with Crippen molar-refractivity contribution in [2.75, 3.05) is 25.1 Å². The molecule has 0 aliphatic rings. The molecule has 0 atom stereocenters. The van der Waals surface area contributed by atoms with Crippen LogP contribution in [0, 0.1) is 10.5 Å². The first-order valence-electron chi connectivity index (χ1n) is 10.3. The molecule has 176 valence electrons. The predicted molar refractivity (Wildman–Crippen MR) is 133 cm³/mol. The molecule has 0 aliphatic heterocycles. The van der Waals surface area contributed by atoms with Crippen LogP contribution in [0.3, 0.4) is 0 Å². The van der Waals surface area contributed by atoms with Crippen LogP contribution < -0.4 is 20.2 Å². The van der Waals surface area contributed by atoms with Crippen LogP contribution in [0.1, 0.15) is 31.4 Å². The molecule has 0 fully saturated rings. The van der Waals surface area contributed by atoms with Crippen LogP contribution in [-0.4, -0.2) is 43.8 Å². The zero-order valence-electron chi connectivity index (χ0n) is 18.6. The Labute approximate surface area is 206 Å². The molecule has 0 saturated heterocycles. The normalized spacial score (nSPS) is 10.5. The molecule has 2 aromatic rings. The van der Waals surface area contributed by atoms with Crippen molar-refractivity contribution < 1.29 is 28.6 Å². The number of amides is 2. The Morgan fingerprint density at radius 2 is 1.82 bits per heavy atom. The van der Waals surface area contributed by atoms with Crippen molar-refractivity contribution in [2.45, 2.75) is 27.2 Å². The van der Waals surface area contributed by atoms with Crippen LogP contribution in [0.5, 0.6) is 11.5 Å². The molecule has 2 amide bonds. The van der Waals surface area contributed by atoms with E-state index in [0.717, 1.165) is 5.56 Å². The number of para-hydroxylation sites is 1. The van der Waals surface area contributed by atoms with Gasteiger partial charge in [-0.2, -0.15) is 5.10 Å². The van der Waals surface area contributed by atoms with Gasteiger partial charge in [0.1, 0.15) is 6.42 Å². The van der Waals surface area contributed by atoms with Gasteiger partial charge >= 0.3 is 5.97 Å². The number of aryl methyl sites for hydroxylation is 1. The number of hydrogen-bond donors (Lipinski definition) is 2. The molecule has 0 aromatic heterocycles. The topological polar surface area (TPSA) is 115 Å². The number of carbonyl (C=O) groups is 3. The van der Waals surface area contributed by atoms with Crippen molar-refractivity contribution >= 4 is 52.3 Å². The zero-order valence-corrected chi connectivity index (χ0v) is 20.8. The highest BCUT2D eigenvalue weighted by atomic mass is 127. The second-order valence-electron chi connectivity index (χ2n) is 6.69. The lowest BCUT2D eigenvalue weighted by atomic mass is 10.2. The number of carbonyl (C=O) groups excluding carboxylic acids is 3. The van der Waals surface area contributed by atoms with E-state index in [9.17, 15) is 14.4 Å². The van der Waals surface area contributed by atoms with Crippen LogP contribution in [0.15, 0.2) is 41.5 Å². The second-order valence-corrected chi connectivity index (χ2v) is 7.85. The zero-order chi connectivity index (χ0) is 24.2. The average molecular weight is 567 g/mol. The van der Waals surface area contributed by atoms with Gasteiger partial charge in [-0.05, 0) is 72.7 Å². The molecule has 0 heterocycles. The van der Waals surface area contributed by atoms with E-state index in [4.69, 9.17) is 14.2 Å². The molecule has 0 spiro atoms. The molecule has 0 saturated carbocycles. The Balaban J connectivity index is 1.97. The Morgan fingerprint density at radius 3 is 2.52 bits per heavy atom. The molecule has 0 bridgehead atoms. The molecular formula is C23H26IN3O6. The van der Waals surface area contributed by atoms with Crippen LogP contribution in [0.25, 0.3) is 0 Å². The van der Waals surface area contributed by atoms with Gasteiger partial charge in [-0.3, -0.25) is 9.59 Å². The van der Waals surface area contributed by atoms with Gasteiger partial charge in [-0.25, -0.2) is 10.2 Å². The maximum atomic E-state index is 12.1. The lowest BCUT2D eigenvalue weighted by Gasteiger charge is -2.14. The van der Waals surface area contributed by atoms with Gasteiger partial charge in [0, 0.05) is 5.69 Å². The number of hydrazone groups is 1. The minimum Gasteiger partial charge on any atom is -0.490 e. The number of rotatable bonds is 11. The summed E-state index contributed by atoms with van der Waals surface area (Å²) in [6.07, 6.45) is 1.06. The summed E-state index contributed by atoms with van der Waals surface area (Å²) >= 11 is 2.05. The lowest BCUT2D eigenvalue weighted by molar-refractivity contribution is -0.145. The van der Waals surface area contributed by atoms with E-state index in [0.29, 0.717) is 32.9 Å². The number of halogens is 1. The number of benzene rings is 2. The fraction of sp³-hybridized carbons (Fsp3) is 0.304. The van der Waals surface area contributed by atoms with Gasteiger partial charge in [-0.15, -0.1) is 0 Å². The highest BCUT2D eigenvalue weighted by Gasteiger charge is 2.14.